The number of nitrogens with one attached hydrogen (secondary N) is 1. The molecule has 2 N–H and O–H groups in total. The van der Waals surface area contributed by atoms with Crippen LogP contribution < -0.4 is 15.6 Å². The first-order chi connectivity index (χ1) is 11.1. The first-order valence-corrected chi connectivity index (χ1v) is 7.45. The molecule has 6 heteroatoms. The molecule has 0 saturated heterocycles. The largest absolute Gasteiger partial charge is 0.493 e. The van der Waals surface area contributed by atoms with Crippen LogP contribution >= 0.6 is 0 Å². The van der Waals surface area contributed by atoms with Crippen LogP contribution in [0.4, 0.5) is 0 Å². The molecule has 0 fully saturated rings. The average molecular weight is 316 g/mol. The van der Waals surface area contributed by atoms with Gasteiger partial charge in [-0.15, -0.1) is 0 Å². The van der Waals surface area contributed by atoms with Crippen molar-refractivity contribution < 1.29 is 14.6 Å². The maximum Gasteiger partial charge on any atom is 0.255 e. The second kappa shape index (κ2) is 8.14. The lowest BCUT2D eigenvalue weighted by Gasteiger charge is -2.14. The van der Waals surface area contributed by atoms with Gasteiger partial charge >= 0.3 is 0 Å². The summed E-state index contributed by atoms with van der Waals surface area (Å²) in [6, 6.07) is 11.7. The van der Waals surface area contributed by atoms with Gasteiger partial charge in [-0.1, -0.05) is 18.2 Å². The van der Waals surface area contributed by atoms with Gasteiger partial charge in [0.1, 0.15) is 5.75 Å². The Morgan fingerprint density at radius 1 is 1.26 bits per heavy atom. The van der Waals surface area contributed by atoms with E-state index in [0.29, 0.717) is 17.9 Å². The van der Waals surface area contributed by atoms with Gasteiger partial charge in [0.05, 0.1) is 24.8 Å². The molecule has 1 atom stereocenters. The fourth-order valence-electron chi connectivity index (χ4n) is 2.14. The van der Waals surface area contributed by atoms with E-state index in [9.17, 15) is 14.7 Å². The fraction of sp³-hybridized carbons (Fsp3) is 0.294. The number of benzene rings is 1. The van der Waals surface area contributed by atoms with Crippen molar-refractivity contribution in [1.82, 2.24) is 9.88 Å². The predicted molar refractivity (Wildman–Crippen MR) is 86.7 cm³/mol. The normalized spacial score (nSPS) is 11.7. The number of pyridine rings is 1. The Morgan fingerprint density at radius 3 is 2.74 bits per heavy atom. The van der Waals surface area contributed by atoms with Gasteiger partial charge in [0.15, 0.2) is 0 Å². The Bertz CT molecular complexity index is 711. The predicted octanol–water partition coefficient (Wildman–Crippen LogP) is 1.04. The van der Waals surface area contributed by atoms with Crippen LogP contribution in [-0.4, -0.2) is 34.8 Å². The monoisotopic (exact) mass is 316 g/mol. The molecule has 1 heterocycles. The summed E-state index contributed by atoms with van der Waals surface area (Å²) in [5.41, 5.74) is 0.220. The van der Waals surface area contributed by atoms with E-state index in [1.54, 1.807) is 42.6 Å². The molecule has 2 aromatic rings. The first kappa shape index (κ1) is 16.8. The zero-order chi connectivity index (χ0) is 16.7. The van der Waals surface area contributed by atoms with Crippen molar-refractivity contribution >= 4 is 5.91 Å². The highest BCUT2D eigenvalue weighted by molar-refractivity contribution is 5.96. The molecular weight excluding hydrogens is 296 g/mol. The molecule has 6 nitrogen and oxygen atoms in total. The molecule has 1 amide bonds. The topological polar surface area (TPSA) is 80.6 Å². The maximum atomic E-state index is 12.2. The molecule has 1 aromatic carbocycles. The number of hydrogen-bond acceptors (Lipinski definition) is 4. The molecule has 2 rings (SSSR count). The third-order valence-corrected chi connectivity index (χ3v) is 3.24. The van der Waals surface area contributed by atoms with E-state index in [4.69, 9.17) is 4.74 Å². The van der Waals surface area contributed by atoms with E-state index in [1.165, 1.54) is 10.6 Å². The number of aliphatic hydroxyl groups excluding tert-OH is 1. The van der Waals surface area contributed by atoms with E-state index < -0.39 is 6.10 Å². The highest BCUT2D eigenvalue weighted by atomic mass is 16.5. The fourth-order valence-corrected chi connectivity index (χ4v) is 2.14. The van der Waals surface area contributed by atoms with Gasteiger partial charge in [-0.05, 0) is 25.1 Å². The van der Waals surface area contributed by atoms with Crippen molar-refractivity contribution in [3.05, 3.63) is 64.6 Å². The molecule has 0 aliphatic heterocycles. The van der Waals surface area contributed by atoms with Crippen LogP contribution in [0.1, 0.15) is 17.3 Å². The number of hydrogen-bond donors (Lipinski definition) is 2. The number of rotatable bonds is 7. The summed E-state index contributed by atoms with van der Waals surface area (Å²) in [6.07, 6.45) is 0.732. The van der Waals surface area contributed by atoms with Crippen molar-refractivity contribution in [2.45, 2.75) is 19.6 Å². The van der Waals surface area contributed by atoms with Gasteiger partial charge < -0.3 is 19.7 Å². The van der Waals surface area contributed by atoms with Gasteiger partial charge in [0.2, 0.25) is 0 Å². The van der Waals surface area contributed by atoms with Crippen LogP contribution in [0, 0.1) is 0 Å². The second-order valence-corrected chi connectivity index (χ2v) is 4.98. The standard InChI is InChI=1S/C17H20N2O4/c1-2-23-15-8-4-3-7-14(15)17(22)18-11-13(20)12-19-10-6-5-9-16(19)21/h3-10,13,20H,2,11-12H2,1H3,(H,18,22). The lowest BCUT2D eigenvalue weighted by molar-refractivity contribution is 0.0899. The summed E-state index contributed by atoms with van der Waals surface area (Å²) in [5.74, 6) is 0.176. The molecule has 1 aromatic heterocycles. The minimum Gasteiger partial charge on any atom is -0.493 e. The molecule has 0 aliphatic rings. The molecule has 0 aliphatic carbocycles. The van der Waals surface area contributed by atoms with Crippen LogP contribution in [0.3, 0.4) is 0 Å². The Morgan fingerprint density at radius 2 is 2.00 bits per heavy atom. The first-order valence-electron chi connectivity index (χ1n) is 7.45. The maximum absolute atomic E-state index is 12.2. The summed E-state index contributed by atoms with van der Waals surface area (Å²) >= 11 is 0. The van der Waals surface area contributed by atoms with Crippen LogP contribution in [0.2, 0.25) is 0 Å². The Kier molecular flexibility index (Phi) is 5.94. The van der Waals surface area contributed by atoms with Crippen molar-refractivity contribution in [2.75, 3.05) is 13.2 Å². The van der Waals surface area contributed by atoms with Gasteiger partial charge in [-0.25, -0.2) is 0 Å². The summed E-state index contributed by atoms with van der Waals surface area (Å²) in [4.78, 5) is 23.8. The van der Waals surface area contributed by atoms with Crippen molar-refractivity contribution in [2.24, 2.45) is 0 Å². The zero-order valence-electron chi connectivity index (χ0n) is 12.9. The number of aliphatic hydroxyl groups is 1. The van der Waals surface area contributed by atoms with Gasteiger partial charge in [0.25, 0.3) is 11.5 Å². The van der Waals surface area contributed by atoms with Gasteiger partial charge in [-0.3, -0.25) is 9.59 Å². The molecule has 23 heavy (non-hydrogen) atoms. The average Bonchev–Trinajstić information content (AvgIpc) is 2.55. The third-order valence-electron chi connectivity index (χ3n) is 3.24. The van der Waals surface area contributed by atoms with Crippen molar-refractivity contribution in [3.63, 3.8) is 0 Å². The SMILES string of the molecule is CCOc1ccccc1C(=O)NCC(O)Cn1ccccc1=O. The van der Waals surface area contributed by atoms with E-state index in [1.807, 2.05) is 6.92 Å². The van der Waals surface area contributed by atoms with Crippen molar-refractivity contribution in [3.8, 4) is 5.75 Å². The number of carbonyl (C=O) groups excluding carboxylic acids is 1. The number of aromatic nitrogens is 1. The quantitative estimate of drug-likeness (QED) is 0.800. The molecule has 0 bridgehead atoms. The zero-order valence-corrected chi connectivity index (χ0v) is 12.9. The Balaban J connectivity index is 1.94. The van der Waals surface area contributed by atoms with Crippen LogP contribution in [-0.2, 0) is 6.54 Å². The van der Waals surface area contributed by atoms with E-state index in [2.05, 4.69) is 5.32 Å². The second-order valence-electron chi connectivity index (χ2n) is 4.98. The number of para-hydroxylation sites is 1. The highest BCUT2D eigenvalue weighted by Gasteiger charge is 2.13. The minimum atomic E-state index is -0.863. The van der Waals surface area contributed by atoms with Gasteiger partial charge in [-0.2, -0.15) is 0 Å². The molecule has 0 saturated carbocycles. The molecule has 0 spiro atoms. The lowest BCUT2D eigenvalue weighted by Crippen LogP contribution is -2.36. The Hall–Kier alpha value is -2.60. The van der Waals surface area contributed by atoms with Crippen LogP contribution in [0.25, 0.3) is 0 Å². The van der Waals surface area contributed by atoms with Crippen LogP contribution in [0.5, 0.6) is 5.75 Å². The molecule has 1 unspecified atom stereocenters. The van der Waals surface area contributed by atoms with Crippen molar-refractivity contribution in [1.29, 1.82) is 0 Å². The lowest BCUT2D eigenvalue weighted by atomic mass is 10.2. The van der Waals surface area contributed by atoms with E-state index in [0.717, 1.165) is 0 Å². The number of nitrogens with zero attached hydrogens (tertiary/aromatic N) is 1. The summed E-state index contributed by atoms with van der Waals surface area (Å²) in [5, 5.41) is 12.6. The number of ether oxygens (including phenoxy) is 1. The minimum absolute atomic E-state index is 0.0423. The van der Waals surface area contributed by atoms with Gasteiger partial charge in [0, 0.05) is 18.8 Å². The highest BCUT2D eigenvalue weighted by Crippen LogP contribution is 2.17. The summed E-state index contributed by atoms with van der Waals surface area (Å²) in [6.45, 7) is 2.47. The number of amides is 1. The summed E-state index contributed by atoms with van der Waals surface area (Å²) < 4.78 is 6.80. The molecule has 0 radical (unpaired) electrons. The van der Waals surface area contributed by atoms with Crippen LogP contribution in [0.15, 0.2) is 53.5 Å². The molecule has 122 valence electrons. The molecular formula is C17H20N2O4. The summed E-state index contributed by atoms with van der Waals surface area (Å²) in [7, 11) is 0. The van der Waals surface area contributed by atoms with E-state index >= 15 is 0 Å². The number of carbonyl (C=O) groups is 1. The third kappa shape index (κ3) is 4.69. The van der Waals surface area contributed by atoms with E-state index in [-0.39, 0.29) is 24.6 Å². The Labute approximate surface area is 134 Å². The smallest absolute Gasteiger partial charge is 0.255 e.